The monoisotopic (exact) mass is 180 g/mol. The predicted octanol–water partition coefficient (Wildman–Crippen LogP) is 2.01. The molecule has 1 saturated carbocycles. The minimum atomic E-state index is -0.755. The number of hydrogen-bond acceptors (Lipinski definition) is 1. The Hall–Kier alpha value is -1.38. The summed E-state index contributed by atoms with van der Waals surface area (Å²) in [4.78, 5) is 10.5. The molecule has 0 aliphatic heterocycles. The predicted molar refractivity (Wildman–Crippen MR) is 44.9 cm³/mol. The second-order valence-electron chi connectivity index (χ2n) is 3.34. The van der Waals surface area contributed by atoms with E-state index in [1.807, 2.05) is 0 Å². The van der Waals surface area contributed by atoms with Crippen LogP contribution in [0.15, 0.2) is 24.3 Å². The maximum atomic E-state index is 12.5. The van der Waals surface area contributed by atoms with Crippen LogP contribution in [0.4, 0.5) is 4.39 Å². The van der Waals surface area contributed by atoms with Gasteiger partial charge in [-0.2, -0.15) is 0 Å². The Balaban J connectivity index is 2.12. The summed E-state index contributed by atoms with van der Waals surface area (Å²) < 4.78 is 12.5. The van der Waals surface area contributed by atoms with E-state index in [0.29, 0.717) is 6.42 Å². The molecule has 1 aromatic rings. The van der Waals surface area contributed by atoms with E-state index in [-0.39, 0.29) is 17.7 Å². The summed E-state index contributed by atoms with van der Waals surface area (Å²) in [5.74, 6) is -1.20. The highest BCUT2D eigenvalue weighted by Crippen LogP contribution is 2.47. The highest BCUT2D eigenvalue weighted by molar-refractivity contribution is 5.75. The maximum Gasteiger partial charge on any atom is 0.307 e. The Kier molecular flexibility index (Phi) is 1.79. The second kappa shape index (κ2) is 2.83. The zero-order chi connectivity index (χ0) is 9.42. The first kappa shape index (κ1) is 8.23. The zero-order valence-corrected chi connectivity index (χ0v) is 6.90. The molecule has 1 fully saturated rings. The molecule has 3 heteroatoms. The van der Waals surface area contributed by atoms with Gasteiger partial charge in [-0.05, 0) is 30.0 Å². The van der Waals surface area contributed by atoms with Gasteiger partial charge in [0.1, 0.15) is 5.82 Å². The molecule has 1 aromatic carbocycles. The van der Waals surface area contributed by atoms with Crippen molar-refractivity contribution < 1.29 is 14.3 Å². The fourth-order valence-electron chi connectivity index (χ4n) is 1.55. The van der Waals surface area contributed by atoms with E-state index in [9.17, 15) is 9.18 Å². The average Bonchev–Trinajstić information content (AvgIpc) is 2.85. The lowest BCUT2D eigenvalue weighted by atomic mass is 10.1. The quantitative estimate of drug-likeness (QED) is 0.755. The minimum Gasteiger partial charge on any atom is -0.481 e. The molecular formula is C10H9FO2. The van der Waals surface area contributed by atoms with Crippen molar-refractivity contribution in [3.8, 4) is 0 Å². The lowest BCUT2D eigenvalue weighted by Gasteiger charge is -1.96. The molecule has 0 amide bonds. The first-order valence-corrected chi connectivity index (χ1v) is 4.17. The Morgan fingerprint density at radius 3 is 2.46 bits per heavy atom. The van der Waals surface area contributed by atoms with E-state index in [2.05, 4.69) is 0 Å². The normalized spacial score (nSPS) is 25.6. The topological polar surface area (TPSA) is 37.3 Å². The molecule has 0 heterocycles. The highest BCUT2D eigenvalue weighted by Gasteiger charge is 2.43. The molecule has 0 radical (unpaired) electrons. The molecule has 0 unspecified atom stereocenters. The fourth-order valence-corrected chi connectivity index (χ4v) is 1.55. The van der Waals surface area contributed by atoms with Crippen LogP contribution in [-0.4, -0.2) is 11.1 Å². The molecule has 2 atom stereocenters. The van der Waals surface area contributed by atoms with Gasteiger partial charge in [-0.1, -0.05) is 12.1 Å². The molecular weight excluding hydrogens is 171 g/mol. The van der Waals surface area contributed by atoms with Crippen LogP contribution < -0.4 is 0 Å². The second-order valence-corrected chi connectivity index (χ2v) is 3.34. The molecule has 68 valence electrons. The summed E-state index contributed by atoms with van der Waals surface area (Å²) in [6.07, 6.45) is 0.682. The molecule has 0 saturated heterocycles. The summed E-state index contributed by atoms with van der Waals surface area (Å²) in [5.41, 5.74) is 0.925. The van der Waals surface area contributed by atoms with E-state index in [0.717, 1.165) is 5.56 Å². The van der Waals surface area contributed by atoms with Crippen LogP contribution in [0, 0.1) is 11.7 Å². The first-order valence-electron chi connectivity index (χ1n) is 4.17. The van der Waals surface area contributed by atoms with E-state index in [1.54, 1.807) is 12.1 Å². The van der Waals surface area contributed by atoms with Crippen molar-refractivity contribution in [3.63, 3.8) is 0 Å². The summed E-state index contributed by atoms with van der Waals surface area (Å²) in [7, 11) is 0. The van der Waals surface area contributed by atoms with Gasteiger partial charge in [0.2, 0.25) is 0 Å². The first-order chi connectivity index (χ1) is 6.18. The molecule has 2 nitrogen and oxygen atoms in total. The van der Waals surface area contributed by atoms with Crippen LogP contribution in [0.1, 0.15) is 17.9 Å². The third-order valence-electron chi connectivity index (χ3n) is 2.41. The third kappa shape index (κ3) is 1.54. The van der Waals surface area contributed by atoms with E-state index in [1.165, 1.54) is 12.1 Å². The number of carboxylic acid groups (broad SMARTS) is 1. The number of hydrogen-bond donors (Lipinski definition) is 1. The van der Waals surface area contributed by atoms with Gasteiger partial charge < -0.3 is 5.11 Å². The maximum absolute atomic E-state index is 12.5. The molecule has 0 bridgehead atoms. The van der Waals surface area contributed by atoms with Gasteiger partial charge in [0.05, 0.1) is 5.92 Å². The lowest BCUT2D eigenvalue weighted by Crippen LogP contribution is -1.98. The molecule has 0 spiro atoms. The smallest absolute Gasteiger partial charge is 0.307 e. The Labute approximate surface area is 75.0 Å². The van der Waals surface area contributed by atoms with E-state index >= 15 is 0 Å². The van der Waals surface area contributed by atoms with Crippen LogP contribution >= 0.6 is 0 Å². The average molecular weight is 180 g/mol. The Bertz CT molecular complexity index is 331. The van der Waals surface area contributed by atoms with Crippen molar-refractivity contribution in [1.82, 2.24) is 0 Å². The molecule has 1 aliphatic carbocycles. The summed E-state index contributed by atoms with van der Waals surface area (Å²) in [6, 6.07) is 6.05. The molecule has 1 N–H and O–H groups in total. The van der Waals surface area contributed by atoms with Gasteiger partial charge >= 0.3 is 5.97 Å². The van der Waals surface area contributed by atoms with Crippen LogP contribution in [0.2, 0.25) is 0 Å². The summed E-state index contributed by atoms with van der Waals surface area (Å²) in [5, 5.41) is 8.67. The highest BCUT2D eigenvalue weighted by atomic mass is 19.1. The van der Waals surface area contributed by atoms with Crippen LogP contribution in [-0.2, 0) is 4.79 Å². The number of carboxylic acids is 1. The van der Waals surface area contributed by atoms with Crippen molar-refractivity contribution in [2.24, 2.45) is 5.92 Å². The number of aliphatic carboxylic acids is 1. The van der Waals surface area contributed by atoms with E-state index < -0.39 is 5.97 Å². The van der Waals surface area contributed by atoms with Gasteiger partial charge in [0, 0.05) is 0 Å². The summed E-state index contributed by atoms with van der Waals surface area (Å²) >= 11 is 0. The summed E-state index contributed by atoms with van der Waals surface area (Å²) in [6.45, 7) is 0. The molecule has 2 rings (SSSR count). The lowest BCUT2D eigenvalue weighted by molar-refractivity contribution is -0.138. The van der Waals surface area contributed by atoms with Gasteiger partial charge in [-0.3, -0.25) is 4.79 Å². The largest absolute Gasteiger partial charge is 0.481 e. The fraction of sp³-hybridized carbons (Fsp3) is 0.300. The van der Waals surface area contributed by atoms with Crippen LogP contribution in [0.3, 0.4) is 0 Å². The van der Waals surface area contributed by atoms with Crippen molar-refractivity contribution in [2.45, 2.75) is 12.3 Å². The van der Waals surface area contributed by atoms with Crippen molar-refractivity contribution in [1.29, 1.82) is 0 Å². The van der Waals surface area contributed by atoms with Crippen molar-refractivity contribution in [3.05, 3.63) is 35.6 Å². The number of rotatable bonds is 2. The van der Waals surface area contributed by atoms with Gasteiger partial charge in [0.25, 0.3) is 0 Å². The SMILES string of the molecule is O=C(O)[C@H]1C[C@H]1c1ccc(F)cc1. The van der Waals surface area contributed by atoms with Crippen LogP contribution in [0.5, 0.6) is 0 Å². The van der Waals surface area contributed by atoms with Crippen molar-refractivity contribution in [2.75, 3.05) is 0 Å². The Morgan fingerprint density at radius 2 is 2.00 bits per heavy atom. The molecule has 13 heavy (non-hydrogen) atoms. The molecule has 1 aliphatic rings. The minimum absolute atomic E-state index is 0.0955. The van der Waals surface area contributed by atoms with Gasteiger partial charge in [-0.15, -0.1) is 0 Å². The number of halogens is 1. The Morgan fingerprint density at radius 1 is 1.38 bits per heavy atom. The van der Waals surface area contributed by atoms with Crippen LogP contribution in [0.25, 0.3) is 0 Å². The molecule has 0 aromatic heterocycles. The number of carbonyl (C=O) groups is 1. The van der Waals surface area contributed by atoms with Gasteiger partial charge in [-0.25, -0.2) is 4.39 Å². The zero-order valence-electron chi connectivity index (χ0n) is 6.90. The van der Waals surface area contributed by atoms with E-state index in [4.69, 9.17) is 5.11 Å². The number of benzene rings is 1. The van der Waals surface area contributed by atoms with Crippen molar-refractivity contribution >= 4 is 5.97 Å². The third-order valence-corrected chi connectivity index (χ3v) is 2.41. The van der Waals surface area contributed by atoms with Gasteiger partial charge in [0.15, 0.2) is 0 Å². The standard InChI is InChI=1S/C10H9FO2/c11-7-3-1-6(2-4-7)8-5-9(8)10(12)13/h1-4,8-9H,5H2,(H,12,13)/t8-,9-/m0/s1.